The third-order valence-electron chi connectivity index (χ3n) is 3.90. The molecular weight excluding hydrogens is 380 g/mol. The quantitative estimate of drug-likeness (QED) is 0.269. The van der Waals surface area contributed by atoms with Gasteiger partial charge in [-0.1, -0.05) is 18.3 Å². The Morgan fingerprint density at radius 3 is 2.75 bits per heavy atom. The molecule has 0 aromatic heterocycles. The Hall–Kier alpha value is -2.92. The van der Waals surface area contributed by atoms with Crippen LogP contribution >= 0.6 is 11.8 Å². The number of benzene rings is 1. The summed E-state index contributed by atoms with van der Waals surface area (Å²) in [7, 11) is 1.58. The molecule has 0 atom stereocenters. The van der Waals surface area contributed by atoms with Gasteiger partial charge in [-0.2, -0.15) is 5.26 Å². The maximum Gasteiger partial charge on any atom is 0.351 e. The summed E-state index contributed by atoms with van der Waals surface area (Å²) >= 11 is 1.34. The van der Waals surface area contributed by atoms with E-state index in [9.17, 15) is 14.9 Å². The summed E-state index contributed by atoms with van der Waals surface area (Å²) in [4.78, 5) is 26.2. The van der Waals surface area contributed by atoms with E-state index in [2.05, 4.69) is 6.58 Å². The second-order valence-corrected chi connectivity index (χ2v) is 6.71. The van der Waals surface area contributed by atoms with E-state index in [1.54, 1.807) is 14.0 Å². The van der Waals surface area contributed by atoms with Crippen LogP contribution < -0.4 is 9.64 Å². The molecule has 1 aliphatic heterocycles. The van der Waals surface area contributed by atoms with Crippen molar-refractivity contribution in [3.8, 4) is 11.8 Å². The minimum atomic E-state index is -0.641. The van der Waals surface area contributed by atoms with Crippen LogP contribution in [0, 0.1) is 11.3 Å². The van der Waals surface area contributed by atoms with Crippen LogP contribution in [0.1, 0.15) is 19.8 Å². The van der Waals surface area contributed by atoms with Crippen LogP contribution in [0.3, 0.4) is 0 Å². The molecule has 0 amide bonds. The molecule has 7 nitrogen and oxygen atoms in total. The summed E-state index contributed by atoms with van der Waals surface area (Å²) in [5.41, 5.74) is 0.862. The molecule has 2 rings (SSSR count). The van der Waals surface area contributed by atoms with Gasteiger partial charge in [-0.25, -0.2) is 9.59 Å². The number of rotatable bonds is 9. The monoisotopic (exact) mass is 402 g/mol. The van der Waals surface area contributed by atoms with Crippen molar-refractivity contribution < 1.29 is 23.8 Å². The molecule has 0 N–H and O–H groups in total. The topological polar surface area (TPSA) is 88.9 Å². The van der Waals surface area contributed by atoms with Crippen LogP contribution in [-0.2, 0) is 19.1 Å². The summed E-state index contributed by atoms with van der Waals surface area (Å²) < 4.78 is 15.3. The molecule has 28 heavy (non-hydrogen) atoms. The van der Waals surface area contributed by atoms with E-state index in [4.69, 9.17) is 14.2 Å². The van der Waals surface area contributed by atoms with Crippen LogP contribution in [0.5, 0.6) is 5.75 Å². The number of fused-ring (bicyclic) bond motifs is 1. The SMILES string of the molecule is C=CC(=O)OCCCCN1/C(=C(\C#N)C(=O)OCC)Sc2cc(OC)ccc21. The standard InChI is InChI=1S/C20H22N2O5S/c1-4-18(23)27-11-7-6-10-22-16-9-8-14(25-3)12-17(16)28-19(22)15(13-21)20(24)26-5-2/h4,8-9,12H,1,5-7,10-11H2,2-3H3/b19-15-. The van der Waals surface area contributed by atoms with Gasteiger partial charge in [0, 0.05) is 17.5 Å². The number of unbranched alkanes of at least 4 members (excludes halogenated alkanes) is 1. The number of nitriles is 1. The van der Waals surface area contributed by atoms with Gasteiger partial charge in [-0.15, -0.1) is 0 Å². The Morgan fingerprint density at radius 2 is 2.11 bits per heavy atom. The highest BCUT2D eigenvalue weighted by Crippen LogP contribution is 2.48. The van der Waals surface area contributed by atoms with Gasteiger partial charge in [-0.05, 0) is 38.0 Å². The van der Waals surface area contributed by atoms with Gasteiger partial charge in [0.2, 0.25) is 0 Å². The molecule has 0 unspecified atom stereocenters. The van der Waals surface area contributed by atoms with E-state index in [-0.39, 0.29) is 18.8 Å². The zero-order valence-electron chi connectivity index (χ0n) is 15.9. The lowest BCUT2D eigenvalue weighted by molar-refractivity contribution is -0.138. The van der Waals surface area contributed by atoms with E-state index in [0.717, 1.165) is 16.7 Å². The lowest BCUT2D eigenvalue weighted by Crippen LogP contribution is -2.23. The fourth-order valence-electron chi connectivity index (χ4n) is 2.59. The first-order valence-corrected chi connectivity index (χ1v) is 9.61. The molecule has 148 valence electrons. The second kappa shape index (κ2) is 10.4. The maximum atomic E-state index is 12.2. The normalized spacial score (nSPS) is 14.0. The summed E-state index contributed by atoms with van der Waals surface area (Å²) in [6.45, 7) is 6.08. The number of hydrogen-bond acceptors (Lipinski definition) is 8. The molecule has 1 aliphatic rings. The van der Waals surface area contributed by atoms with Crippen molar-refractivity contribution in [2.24, 2.45) is 0 Å². The van der Waals surface area contributed by atoms with Gasteiger partial charge >= 0.3 is 11.9 Å². The molecule has 8 heteroatoms. The molecule has 1 aromatic carbocycles. The first-order valence-electron chi connectivity index (χ1n) is 8.79. The minimum Gasteiger partial charge on any atom is -0.497 e. The third-order valence-corrected chi connectivity index (χ3v) is 5.07. The lowest BCUT2D eigenvalue weighted by atomic mass is 10.2. The van der Waals surface area contributed by atoms with Crippen LogP contribution in [0.15, 0.2) is 46.4 Å². The molecule has 0 spiro atoms. The average molecular weight is 402 g/mol. The van der Waals surface area contributed by atoms with Gasteiger partial charge in [0.1, 0.15) is 16.8 Å². The lowest BCUT2D eigenvalue weighted by Gasteiger charge is -2.21. The van der Waals surface area contributed by atoms with Gasteiger partial charge in [0.25, 0.3) is 0 Å². The molecule has 1 heterocycles. The summed E-state index contributed by atoms with van der Waals surface area (Å²) in [6.07, 6.45) is 2.46. The molecular formula is C20H22N2O5S. The van der Waals surface area contributed by atoms with E-state index in [1.165, 1.54) is 11.8 Å². The number of carbonyl (C=O) groups is 2. The fraction of sp³-hybridized carbons (Fsp3) is 0.350. The van der Waals surface area contributed by atoms with Gasteiger partial charge < -0.3 is 19.1 Å². The first-order chi connectivity index (χ1) is 13.5. The Balaban J connectivity index is 2.23. The zero-order valence-corrected chi connectivity index (χ0v) is 16.7. The Labute approximate surface area is 168 Å². The highest BCUT2D eigenvalue weighted by Gasteiger charge is 2.31. The van der Waals surface area contributed by atoms with E-state index in [1.807, 2.05) is 29.2 Å². The molecule has 1 aromatic rings. The van der Waals surface area contributed by atoms with Crippen molar-refractivity contribution in [3.63, 3.8) is 0 Å². The van der Waals surface area contributed by atoms with Gasteiger partial charge in [0.15, 0.2) is 5.57 Å². The predicted octanol–water partition coefficient (Wildman–Crippen LogP) is 3.41. The van der Waals surface area contributed by atoms with Crippen molar-refractivity contribution in [3.05, 3.63) is 41.5 Å². The van der Waals surface area contributed by atoms with Crippen LogP contribution in [0.4, 0.5) is 5.69 Å². The van der Waals surface area contributed by atoms with Crippen molar-refractivity contribution in [1.82, 2.24) is 0 Å². The zero-order chi connectivity index (χ0) is 20.5. The highest BCUT2D eigenvalue weighted by atomic mass is 32.2. The predicted molar refractivity (Wildman–Crippen MR) is 106 cm³/mol. The number of esters is 2. The fourth-order valence-corrected chi connectivity index (χ4v) is 3.79. The van der Waals surface area contributed by atoms with Crippen molar-refractivity contribution in [1.29, 1.82) is 5.26 Å². The minimum absolute atomic E-state index is 0.0277. The number of hydrogen-bond donors (Lipinski definition) is 0. The Bertz CT molecular complexity index is 828. The van der Waals surface area contributed by atoms with Crippen LogP contribution in [0.2, 0.25) is 0 Å². The average Bonchev–Trinajstić information content (AvgIpc) is 3.05. The van der Waals surface area contributed by atoms with Crippen molar-refractivity contribution >= 4 is 29.4 Å². The second-order valence-electron chi connectivity index (χ2n) is 5.68. The number of thioether (sulfide) groups is 1. The van der Waals surface area contributed by atoms with Crippen molar-refractivity contribution in [2.45, 2.75) is 24.7 Å². The van der Waals surface area contributed by atoms with Gasteiger partial charge in [-0.3, -0.25) is 0 Å². The number of carbonyl (C=O) groups excluding carboxylic acids is 2. The Kier molecular flexibility index (Phi) is 7.96. The van der Waals surface area contributed by atoms with E-state index < -0.39 is 11.9 Å². The molecule has 0 aliphatic carbocycles. The Morgan fingerprint density at radius 1 is 1.32 bits per heavy atom. The van der Waals surface area contributed by atoms with Crippen molar-refractivity contribution in [2.75, 3.05) is 31.8 Å². The van der Waals surface area contributed by atoms with E-state index in [0.29, 0.717) is 30.2 Å². The molecule has 0 radical (unpaired) electrons. The smallest absolute Gasteiger partial charge is 0.351 e. The number of anilines is 1. The molecule has 0 fully saturated rings. The van der Waals surface area contributed by atoms with Gasteiger partial charge in [0.05, 0.1) is 26.0 Å². The largest absolute Gasteiger partial charge is 0.497 e. The van der Waals surface area contributed by atoms with Crippen LogP contribution in [-0.4, -0.2) is 38.8 Å². The molecule has 0 saturated carbocycles. The summed E-state index contributed by atoms with van der Waals surface area (Å²) in [6, 6.07) is 7.57. The highest BCUT2D eigenvalue weighted by molar-refractivity contribution is 8.03. The number of nitrogens with zero attached hydrogens (tertiary/aromatic N) is 2. The van der Waals surface area contributed by atoms with Crippen LogP contribution in [0.25, 0.3) is 0 Å². The third kappa shape index (κ3) is 5.08. The summed E-state index contributed by atoms with van der Waals surface area (Å²) in [5, 5.41) is 10.1. The molecule has 0 bridgehead atoms. The molecule has 0 saturated heterocycles. The van der Waals surface area contributed by atoms with E-state index >= 15 is 0 Å². The number of ether oxygens (including phenoxy) is 3. The summed E-state index contributed by atoms with van der Waals surface area (Å²) in [5.74, 6) is -0.403. The first kappa shape index (κ1) is 21.4. The number of methoxy groups -OCH3 is 1. The maximum absolute atomic E-state index is 12.2.